The molecular weight excluding hydrogens is 260 g/mol. The summed E-state index contributed by atoms with van der Waals surface area (Å²) in [6, 6.07) is 8.05. The van der Waals surface area contributed by atoms with E-state index in [1.807, 2.05) is 30.3 Å². The first-order chi connectivity index (χ1) is 10.3. The van der Waals surface area contributed by atoms with Gasteiger partial charge in [0.2, 0.25) is 0 Å². The molecule has 112 valence electrons. The van der Waals surface area contributed by atoms with Gasteiger partial charge in [0.1, 0.15) is 5.75 Å². The molecule has 0 saturated heterocycles. The molecule has 2 aliphatic rings. The lowest BCUT2D eigenvalue weighted by molar-refractivity contribution is -0.115. The Hall–Kier alpha value is -1.57. The lowest BCUT2D eigenvalue weighted by Crippen LogP contribution is -2.15. The van der Waals surface area contributed by atoms with Gasteiger partial charge in [0.25, 0.3) is 0 Å². The maximum atomic E-state index is 11.6. The van der Waals surface area contributed by atoms with Crippen molar-refractivity contribution in [3.8, 4) is 5.75 Å². The summed E-state index contributed by atoms with van der Waals surface area (Å²) in [4.78, 5) is 11.6. The Morgan fingerprint density at radius 2 is 1.76 bits per heavy atom. The number of ether oxygens (including phenoxy) is 1. The van der Waals surface area contributed by atoms with Crippen LogP contribution in [0.1, 0.15) is 50.5 Å². The van der Waals surface area contributed by atoms with Crippen LogP contribution in [0.4, 0.5) is 0 Å². The molecule has 0 aromatic heterocycles. The number of allylic oxidation sites excluding steroid dienone is 1. The van der Waals surface area contributed by atoms with Crippen molar-refractivity contribution in [2.45, 2.75) is 44.9 Å². The highest BCUT2D eigenvalue weighted by Crippen LogP contribution is 2.30. The van der Waals surface area contributed by atoms with Crippen molar-refractivity contribution in [2.75, 3.05) is 6.61 Å². The predicted molar refractivity (Wildman–Crippen MR) is 85.3 cm³/mol. The molecule has 1 aromatic rings. The Kier molecular flexibility index (Phi) is 4.74. The van der Waals surface area contributed by atoms with Gasteiger partial charge in [-0.3, -0.25) is 4.79 Å². The molecule has 2 aliphatic carbocycles. The number of carbonyl (C=O) groups is 1. The van der Waals surface area contributed by atoms with Crippen molar-refractivity contribution in [1.82, 2.24) is 0 Å². The average molecular weight is 284 g/mol. The number of hydrogen-bond acceptors (Lipinski definition) is 2. The van der Waals surface area contributed by atoms with Gasteiger partial charge in [-0.2, -0.15) is 0 Å². The van der Waals surface area contributed by atoms with Crippen molar-refractivity contribution in [1.29, 1.82) is 0 Å². The molecule has 0 amide bonds. The Labute approximate surface area is 127 Å². The molecule has 3 rings (SSSR count). The van der Waals surface area contributed by atoms with E-state index >= 15 is 0 Å². The van der Waals surface area contributed by atoms with Gasteiger partial charge in [-0.05, 0) is 55.4 Å². The summed E-state index contributed by atoms with van der Waals surface area (Å²) >= 11 is 0. The minimum absolute atomic E-state index is 0.271. The average Bonchev–Trinajstić information content (AvgIpc) is 3.37. The SMILES string of the molecule is O=C(/C=C/c1ccc(OCC2CCCCC2)cc1)C1CC1. The van der Waals surface area contributed by atoms with Crippen molar-refractivity contribution < 1.29 is 9.53 Å². The maximum absolute atomic E-state index is 11.6. The summed E-state index contributed by atoms with van der Waals surface area (Å²) < 4.78 is 5.88. The molecule has 1 aromatic carbocycles. The normalized spacial score (nSPS) is 19.8. The van der Waals surface area contributed by atoms with Gasteiger partial charge in [-0.1, -0.05) is 37.5 Å². The van der Waals surface area contributed by atoms with Crippen LogP contribution in [0, 0.1) is 11.8 Å². The Bertz CT molecular complexity index is 491. The zero-order chi connectivity index (χ0) is 14.5. The fraction of sp³-hybridized carbons (Fsp3) is 0.526. The zero-order valence-corrected chi connectivity index (χ0v) is 12.6. The van der Waals surface area contributed by atoms with E-state index in [0.717, 1.165) is 36.7 Å². The molecule has 0 spiro atoms. The Morgan fingerprint density at radius 3 is 2.43 bits per heavy atom. The van der Waals surface area contributed by atoms with Crippen LogP contribution in [-0.4, -0.2) is 12.4 Å². The van der Waals surface area contributed by atoms with Crippen LogP contribution in [0.5, 0.6) is 5.75 Å². The van der Waals surface area contributed by atoms with Crippen LogP contribution in [0.25, 0.3) is 6.08 Å². The smallest absolute Gasteiger partial charge is 0.158 e. The van der Waals surface area contributed by atoms with E-state index < -0.39 is 0 Å². The third-order valence-electron chi connectivity index (χ3n) is 4.51. The van der Waals surface area contributed by atoms with Gasteiger partial charge in [0, 0.05) is 5.92 Å². The van der Waals surface area contributed by atoms with Crippen LogP contribution in [0.3, 0.4) is 0 Å². The maximum Gasteiger partial charge on any atom is 0.158 e. The minimum atomic E-state index is 0.271. The Morgan fingerprint density at radius 1 is 1.05 bits per heavy atom. The van der Waals surface area contributed by atoms with Gasteiger partial charge in [0.15, 0.2) is 5.78 Å². The lowest BCUT2D eigenvalue weighted by Gasteiger charge is -2.21. The van der Waals surface area contributed by atoms with Gasteiger partial charge in [-0.25, -0.2) is 0 Å². The minimum Gasteiger partial charge on any atom is -0.493 e. The quantitative estimate of drug-likeness (QED) is 0.711. The van der Waals surface area contributed by atoms with E-state index in [0.29, 0.717) is 5.92 Å². The molecule has 2 fully saturated rings. The molecule has 0 bridgehead atoms. The summed E-state index contributed by atoms with van der Waals surface area (Å²) in [6.07, 6.45) is 12.5. The van der Waals surface area contributed by atoms with Gasteiger partial charge in [-0.15, -0.1) is 0 Å². The van der Waals surface area contributed by atoms with Crippen molar-refractivity contribution in [3.63, 3.8) is 0 Å². The second-order valence-corrected chi connectivity index (χ2v) is 6.39. The third-order valence-corrected chi connectivity index (χ3v) is 4.51. The molecular formula is C19H24O2. The van der Waals surface area contributed by atoms with E-state index in [9.17, 15) is 4.79 Å². The van der Waals surface area contributed by atoms with Crippen molar-refractivity contribution in [2.24, 2.45) is 11.8 Å². The molecule has 0 unspecified atom stereocenters. The molecule has 21 heavy (non-hydrogen) atoms. The zero-order valence-electron chi connectivity index (χ0n) is 12.6. The monoisotopic (exact) mass is 284 g/mol. The second-order valence-electron chi connectivity index (χ2n) is 6.39. The van der Waals surface area contributed by atoms with E-state index in [2.05, 4.69) is 0 Å². The summed E-state index contributed by atoms with van der Waals surface area (Å²) in [5.74, 6) is 2.24. The number of carbonyl (C=O) groups excluding carboxylic acids is 1. The topological polar surface area (TPSA) is 26.3 Å². The molecule has 0 heterocycles. The fourth-order valence-corrected chi connectivity index (χ4v) is 2.93. The molecule has 0 atom stereocenters. The first-order valence-electron chi connectivity index (χ1n) is 8.26. The highest BCUT2D eigenvalue weighted by atomic mass is 16.5. The van der Waals surface area contributed by atoms with Crippen LogP contribution in [0.2, 0.25) is 0 Å². The highest BCUT2D eigenvalue weighted by molar-refractivity contribution is 5.96. The largest absolute Gasteiger partial charge is 0.493 e. The summed E-state index contributed by atoms with van der Waals surface area (Å²) in [6.45, 7) is 0.843. The number of hydrogen-bond donors (Lipinski definition) is 0. The van der Waals surface area contributed by atoms with E-state index in [-0.39, 0.29) is 5.78 Å². The molecule has 2 nitrogen and oxygen atoms in total. The molecule has 0 N–H and O–H groups in total. The van der Waals surface area contributed by atoms with Crippen molar-refractivity contribution in [3.05, 3.63) is 35.9 Å². The standard InChI is InChI=1S/C19H24O2/c20-19(17-9-10-17)13-8-15-6-11-18(12-7-15)21-14-16-4-2-1-3-5-16/h6-8,11-13,16-17H,1-5,9-10,14H2/b13-8+. The molecule has 2 saturated carbocycles. The first-order valence-corrected chi connectivity index (χ1v) is 8.26. The van der Waals surface area contributed by atoms with Gasteiger partial charge >= 0.3 is 0 Å². The second kappa shape index (κ2) is 6.93. The highest BCUT2D eigenvalue weighted by Gasteiger charge is 2.27. The predicted octanol–water partition coefficient (Wildman–Crippen LogP) is 4.64. The summed E-state index contributed by atoms with van der Waals surface area (Å²) in [7, 11) is 0. The van der Waals surface area contributed by atoms with E-state index in [4.69, 9.17) is 4.74 Å². The van der Waals surface area contributed by atoms with Crippen LogP contribution in [0.15, 0.2) is 30.3 Å². The fourth-order valence-electron chi connectivity index (χ4n) is 2.93. The van der Waals surface area contributed by atoms with E-state index in [1.54, 1.807) is 6.08 Å². The molecule has 0 radical (unpaired) electrons. The van der Waals surface area contributed by atoms with Gasteiger partial charge in [0.05, 0.1) is 6.61 Å². The number of rotatable bonds is 6. The molecule has 0 aliphatic heterocycles. The first kappa shape index (κ1) is 14.4. The third kappa shape index (κ3) is 4.45. The summed E-state index contributed by atoms with van der Waals surface area (Å²) in [5, 5.41) is 0. The number of ketones is 1. The van der Waals surface area contributed by atoms with Crippen LogP contribution >= 0.6 is 0 Å². The molecule has 2 heteroatoms. The van der Waals surface area contributed by atoms with Crippen LogP contribution < -0.4 is 4.74 Å². The number of benzene rings is 1. The van der Waals surface area contributed by atoms with Crippen molar-refractivity contribution >= 4 is 11.9 Å². The Balaban J connectivity index is 1.47. The lowest BCUT2D eigenvalue weighted by atomic mass is 9.90. The van der Waals surface area contributed by atoms with Crippen LogP contribution in [-0.2, 0) is 4.79 Å². The summed E-state index contributed by atoms with van der Waals surface area (Å²) in [5.41, 5.74) is 1.06. The van der Waals surface area contributed by atoms with E-state index in [1.165, 1.54) is 32.1 Å². The van der Waals surface area contributed by atoms with Gasteiger partial charge < -0.3 is 4.74 Å².